The zero-order valence-electron chi connectivity index (χ0n) is 7.82. The molecule has 0 saturated carbocycles. The van der Waals surface area contributed by atoms with Crippen LogP contribution in [0, 0.1) is 0 Å². The molecule has 1 amide bonds. The molecule has 0 bridgehead atoms. The Morgan fingerprint density at radius 1 is 1.85 bits per heavy atom. The minimum atomic E-state index is -0.757. The number of likely N-dealkylation sites (tertiary alicyclic amines) is 1. The lowest BCUT2D eigenvalue weighted by atomic mass is 10.1. The minimum Gasteiger partial charge on any atom is -0.445 e. The number of ether oxygens (including phenoxy) is 1. The van der Waals surface area contributed by atoms with Gasteiger partial charge < -0.3 is 14.7 Å². The molecule has 0 aromatic heterocycles. The lowest BCUT2D eigenvalue weighted by Crippen LogP contribution is -2.34. The van der Waals surface area contributed by atoms with Crippen molar-refractivity contribution in [2.75, 3.05) is 19.7 Å². The van der Waals surface area contributed by atoms with Gasteiger partial charge in [-0.15, -0.1) is 0 Å². The van der Waals surface area contributed by atoms with Gasteiger partial charge >= 0.3 is 6.09 Å². The van der Waals surface area contributed by atoms with Gasteiger partial charge in [0.15, 0.2) is 0 Å². The van der Waals surface area contributed by atoms with E-state index in [4.69, 9.17) is 4.74 Å². The van der Waals surface area contributed by atoms with Crippen LogP contribution in [-0.2, 0) is 4.74 Å². The van der Waals surface area contributed by atoms with Crippen molar-refractivity contribution in [2.45, 2.75) is 18.9 Å². The highest BCUT2D eigenvalue weighted by Gasteiger charge is 2.34. The minimum absolute atomic E-state index is 0.220. The number of hydrogen-bond donors (Lipinski definition) is 1. The summed E-state index contributed by atoms with van der Waals surface area (Å²) in [6.45, 7) is 6.29. The number of hydrogen-bond acceptors (Lipinski definition) is 3. The van der Waals surface area contributed by atoms with Crippen LogP contribution in [0.15, 0.2) is 12.7 Å². The fourth-order valence-corrected chi connectivity index (χ4v) is 1.32. The maximum absolute atomic E-state index is 11.2. The molecule has 1 fully saturated rings. The number of nitrogens with zero attached hydrogens (tertiary/aromatic N) is 1. The Labute approximate surface area is 77.8 Å². The zero-order chi connectivity index (χ0) is 9.90. The summed E-state index contributed by atoms with van der Waals surface area (Å²) in [5.74, 6) is 0. The predicted octanol–water partition coefficient (Wildman–Crippen LogP) is 0.766. The van der Waals surface area contributed by atoms with Crippen LogP contribution in [0.25, 0.3) is 0 Å². The third kappa shape index (κ3) is 2.73. The molecule has 1 rings (SSSR count). The van der Waals surface area contributed by atoms with E-state index in [1.807, 2.05) is 0 Å². The van der Waals surface area contributed by atoms with Crippen LogP contribution in [0.2, 0.25) is 0 Å². The van der Waals surface area contributed by atoms with Crippen molar-refractivity contribution < 1.29 is 14.6 Å². The summed E-state index contributed by atoms with van der Waals surface area (Å²) in [5, 5.41) is 9.57. The van der Waals surface area contributed by atoms with Crippen LogP contribution in [0.1, 0.15) is 13.3 Å². The Bertz CT molecular complexity index is 213. The molecule has 0 spiro atoms. The summed E-state index contributed by atoms with van der Waals surface area (Å²) < 4.78 is 4.83. The van der Waals surface area contributed by atoms with E-state index in [0.29, 0.717) is 19.5 Å². The average molecular weight is 185 g/mol. The second-order valence-electron chi connectivity index (χ2n) is 3.53. The molecule has 13 heavy (non-hydrogen) atoms. The van der Waals surface area contributed by atoms with Crippen LogP contribution >= 0.6 is 0 Å². The van der Waals surface area contributed by atoms with Crippen LogP contribution in [0.5, 0.6) is 0 Å². The molecule has 4 heteroatoms. The van der Waals surface area contributed by atoms with Crippen LogP contribution < -0.4 is 0 Å². The van der Waals surface area contributed by atoms with Gasteiger partial charge in [0.05, 0.1) is 12.1 Å². The maximum atomic E-state index is 11.2. The SMILES string of the molecule is C=CCOC(=O)N1CCC(C)(O)C1. The Morgan fingerprint density at radius 2 is 2.54 bits per heavy atom. The van der Waals surface area contributed by atoms with Gasteiger partial charge in [0.1, 0.15) is 6.61 Å². The third-order valence-electron chi connectivity index (χ3n) is 2.03. The zero-order valence-corrected chi connectivity index (χ0v) is 7.82. The van der Waals surface area contributed by atoms with Gasteiger partial charge in [0.2, 0.25) is 0 Å². The van der Waals surface area contributed by atoms with E-state index in [0.717, 1.165) is 0 Å². The molecule has 1 N–H and O–H groups in total. The van der Waals surface area contributed by atoms with Crippen molar-refractivity contribution in [3.05, 3.63) is 12.7 Å². The molecule has 74 valence electrons. The van der Waals surface area contributed by atoms with Crippen molar-refractivity contribution in [3.8, 4) is 0 Å². The fraction of sp³-hybridized carbons (Fsp3) is 0.667. The van der Waals surface area contributed by atoms with E-state index < -0.39 is 5.60 Å². The van der Waals surface area contributed by atoms with Crippen molar-refractivity contribution in [1.82, 2.24) is 4.90 Å². The summed E-state index contributed by atoms with van der Waals surface area (Å²) >= 11 is 0. The normalized spacial score (nSPS) is 27.4. The van der Waals surface area contributed by atoms with E-state index in [1.54, 1.807) is 6.92 Å². The standard InChI is InChI=1S/C9H15NO3/c1-3-6-13-8(11)10-5-4-9(2,12)7-10/h3,12H,1,4-7H2,2H3. The Hall–Kier alpha value is -1.03. The summed E-state index contributed by atoms with van der Waals surface area (Å²) in [4.78, 5) is 12.7. The molecule has 0 radical (unpaired) electrons. The Balaban J connectivity index is 2.37. The molecule has 0 aromatic carbocycles. The monoisotopic (exact) mass is 185 g/mol. The first-order valence-electron chi connectivity index (χ1n) is 4.30. The van der Waals surface area contributed by atoms with Gasteiger partial charge in [0.25, 0.3) is 0 Å². The number of carbonyl (C=O) groups is 1. The Morgan fingerprint density at radius 3 is 3.00 bits per heavy atom. The molecule has 0 aliphatic carbocycles. The lowest BCUT2D eigenvalue weighted by Gasteiger charge is -2.18. The van der Waals surface area contributed by atoms with Gasteiger partial charge in [-0.25, -0.2) is 4.79 Å². The first-order chi connectivity index (χ1) is 6.05. The highest BCUT2D eigenvalue weighted by molar-refractivity contribution is 5.68. The van der Waals surface area contributed by atoms with Crippen LogP contribution in [0.4, 0.5) is 4.79 Å². The summed E-state index contributed by atoms with van der Waals surface area (Å²) in [5.41, 5.74) is -0.757. The summed E-state index contributed by atoms with van der Waals surface area (Å²) in [7, 11) is 0. The van der Waals surface area contributed by atoms with E-state index in [-0.39, 0.29) is 12.7 Å². The van der Waals surface area contributed by atoms with Crippen molar-refractivity contribution in [1.29, 1.82) is 0 Å². The molecule has 1 heterocycles. The molecular weight excluding hydrogens is 170 g/mol. The summed E-state index contributed by atoms with van der Waals surface area (Å²) in [6, 6.07) is 0. The molecular formula is C9H15NO3. The molecule has 1 aliphatic heterocycles. The topological polar surface area (TPSA) is 49.8 Å². The number of aliphatic hydroxyl groups is 1. The highest BCUT2D eigenvalue weighted by Crippen LogP contribution is 2.20. The average Bonchev–Trinajstić information content (AvgIpc) is 2.42. The number of amides is 1. The quantitative estimate of drug-likeness (QED) is 0.646. The number of rotatable bonds is 2. The molecule has 1 unspecified atom stereocenters. The van der Waals surface area contributed by atoms with Crippen molar-refractivity contribution >= 4 is 6.09 Å². The first-order valence-corrected chi connectivity index (χ1v) is 4.30. The van der Waals surface area contributed by atoms with Gasteiger partial charge in [-0.05, 0) is 13.3 Å². The van der Waals surface area contributed by atoms with E-state index in [2.05, 4.69) is 6.58 Å². The molecule has 0 aromatic rings. The van der Waals surface area contributed by atoms with Crippen LogP contribution in [0.3, 0.4) is 0 Å². The fourth-order valence-electron chi connectivity index (χ4n) is 1.32. The highest BCUT2D eigenvalue weighted by atomic mass is 16.6. The summed E-state index contributed by atoms with van der Waals surface area (Å²) in [6.07, 6.45) is 1.75. The van der Waals surface area contributed by atoms with Crippen LogP contribution in [-0.4, -0.2) is 41.4 Å². The van der Waals surface area contributed by atoms with Gasteiger partial charge in [-0.1, -0.05) is 12.7 Å². The van der Waals surface area contributed by atoms with Gasteiger partial charge in [-0.2, -0.15) is 0 Å². The van der Waals surface area contributed by atoms with E-state index in [9.17, 15) is 9.90 Å². The third-order valence-corrected chi connectivity index (χ3v) is 2.03. The maximum Gasteiger partial charge on any atom is 0.410 e. The van der Waals surface area contributed by atoms with E-state index >= 15 is 0 Å². The predicted molar refractivity (Wildman–Crippen MR) is 48.4 cm³/mol. The second kappa shape index (κ2) is 3.79. The number of carbonyl (C=O) groups excluding carboxylic acids is 1. The molecule has 1 saturated heterocycles. The molecule has 1 atom stereocenters. The van der Waals surface area contributed by atoms with Crippen molar-refractivity contribution in [2.24, 2.45) is 0 Å². The first kappa shape index (κ1) is 10.1. The molecule has 4 nitrogen and oxygen atoms in total. The van der Waals surface area contributed by atoms with Crippen molar-refractivity contribution in [3.63, 3.8) is 0 Å². The smallest absolute Gasteiger partial charge is 0.410 e. The lowest BCUT2D eigenvalue weighted by molar-refractivity contribution is 0.0626. The van der Waals surface area contributed by atoms with Gasteiger partial charge in [0, 0.05) is 6.54 Å². The molecule has 1 aliphatic rings. The van der Waals surface area contributed by atoms with Gasteiger partial charge in [-0.3, -0.25) is 0 Å². The number of β-amino-alcohol motifs (C(OH)–C–C–N with tert-alkyl or cyclic N) is 1. The van der Waals surface area contributed by atoms with E-state index in [1.165, 1.54) is 11.0 Å². The Kier molecular flexibility index (Phi) is 2.93. The largest absolute Gasteiger partial charge is 0.445 e. The second-order valence-corrected chi connectivity index (χ2v) is 3.53.